The molecule has 5 heteroatoms. The van der Waals surface area contributed by atoms with Crippen LogP contribution in [-0.2, 0) is 6.42 Å². The van der Waals surface area contributed by atoms with Gasteiger partial charge in [-0.05, 0) is 103 Å². The Bertz CT molecular complexity index is 2920. The quantitative estimate of drug-likeness (QED) is 0.192. The summed E-state index contributed by atoms with van der Waals surface area (Å²) in [5, 5.41) is 16.4. The molecular weight excluding hydrogens is 619 g/mol. The molecule has 4 nitrogen and oxygen atoms in total. The third kappa shape index (κ3) is 4.32. The summed E-state index contributed by atoms with van der Waals surface area (Å²) in [6.45, 7) is 0. The fraction of sp³-hybridized carbons (Fsp3) is 0.0227. The summed E-state index contributed by atoms with van der Waals surface area (Å²) in [6.07, 6.45) is 5.60. The molecule has 0 N–H and O–H groups in total. The Morgan fingerprint density at radius 2 is 1.31 bits per heavy atom. The van der Waals surface area contributed by atoms with Gasteiger partial charge in [-0.3, -0.25) is 0 Å². The van der Waals surface area contributed by atoms with Crippen molar-refractivity contribution in [2.24, 2.45) is 0 Å². The van der Waals surface area contributed by atoms with Crippen molar-refractivity contribution in [3.05, 3.63) is 167 Å². The fourth-order valence-electron chi connectivity index (χ4n) is 7.53. The van der Waals surface area contributed by atoms with Crippen LogP contribution in [0.4, 0.5) is 0 Å². The van der Waals surface area contributed by atoms with Gasteiger partial charge in [0.1, 0.15) is 11.2 Å². The lowest BCUT2D eigenvalue weighted by atomic mass is 10.0. The van der Waals surface area contributed by atoms with E-state index in [1.165, 1.54) is 43.6 Å². The normalized spacial score (nSPS) is 12.4. The summed E-state index contributed by atoms with van der Waals surface area (Å²) in [5.41, 5.74) is 9.56. The zero-order chi connectivity index (χ0) is 32.5. The molecule has 49 heavy (non-hydrogen) atoms. The van der Waals surface area contributed by atoms with Crippen molar-refractivity contribution in [2.45, 2.75) is 16.2 Å². The highest BCUT2D eigenvalue weighted by atomic mass is 32.2. The highest BCUT2D eigenvalue weighted by molar-refractivity contribution is 7.99. The van der Waals surface area contributed by atoms with E-state index in [0.717, 1.165) is 49.5 Å². The van der Waals surface area contributed by atoms with E-state index in [1.54, 1.807) is 11.8 Å². The van der Waals surface area contributed by atoms with E-state index < -0.39 is 0 Å². The summed E-state index contributed by atoms with van der Waals surface area (Å²) < 4.78 is 11.3. The van der Waals surface area contributed by atoms with Gasteiger partial charge in [-0.2, -0.15) is 5.26 Å². The highest BCUT2D eigenvalue weighted by Gasteiger charge is 2.23. The highest BCUT2D eigenvalue weighted by Crippen LogP contribution is 2.41. The second-order valence-corrected chi connectivity index (χ2v) is 13.6. The van der Waals surface area contributed by atoms with Gasteiger partial charge < -0.3 is 13.6 Å². The van der Waals surface area contributed by atoms with Crippen molar-refractivity contribution < 1.29 is 4.42 Å². The molecule has 230 valence electrons. The van der Waals surface area contributed by atoms with Crippen LogP contribution in [0.5, 0.6) is 0 Å². The van der Waals surface area contributed by atoms with Gasteiger partial charge in [-0.15, -0.1) is 0 Å². The molecule has 0 unspecified atom stereocenters. The molecule has 0 atom stereocenters. The Hall–Kier alpha value is -6.22. The largest absolute Gasteiger partial charge is 0.456 e. The molecule has 0 amide bonds. The van der Waals surface area contributed by atoms with E-state index in [1.807, 2.05) is 30.3 Å². The van der Waals surface area contributed by atoms with Crippen molar-refractivity contribution >= 4 is 67.7 Å². The number of aromatic nitrogens is 2. The Morgan fingerprint density at radius 3 is 2.10 bits per heavy atom. The van der Waals surface area contributed by atoms with E-state index in [0.29, 0.717) is 5.56 Å². The standard InChI is InChI=1S/C44H27N3OS/c45-27-28-14-18-31(19-15-28)49-32-20-16-30(17-21-32)47-40-26-37-33-10-4-6-12-38(33)46(29-8-2-1-3-9-29)39(37)24-22-34(40)35-23-25-42-43(44(35)47)36-11-5-7-13-41(36)48-42/h1-21,23-26H,22H2. The summed E-state index contributed by atoms with van der Waals surface area (Å²) in [6, 6.07) is 50.9. The van der Waals surface area contributed by atoms with Gasteiger partial charge in [0, 0.05) is 42.5 Å². The minimum atomic E-state index is 0.668. The summed E-state index contributed by atoms with van der Waals surface area (Å²) in [7, 11) is 0. The van der Waals surface area contributed by atoms with Crippen molar-refractivity contribution in [3.63, 3.8) is 0 Å². The molecule has 0 aliphatic heterocycles. The maximum atomic E-state index is 9.22. The lowest BCUT2D eigenvalue weighted by Crippen LogP contribution is -2.28. The van der Waals surface area contributed by atoms with Crippen LogP contribution in [0.1, 0.15) is 16.8 Å². The first-order valence-electron chi connectivity index (χ1n) is 16.4. The molecule has 6 aromatic carbocycles. The van der Waals surface area contributed by atoms with Crippen LogP contribution in [0.2, 0.25) is 0 Å². The van der Waals surface area contributed by atoms with E-state index in [-0.39, 0.29) is 0 Å². The fourth-order valence-corrected chi connectivity index (χ4v) is 8.34. The van der Waals surface area contributed by atoms with Gasteiger partial charge >= 0.3 is 0 Å². The maximum Gasteiger partial charge on any atom is 0.137 e. The molecule has 1 aliphatic carbocycles. The van der Waals surface area contributed by atoms with Crippen LogP contribution in [0.3, 0.4) is 0 Å². The van der Waals surface area contributed by atoms with Crippen LogP contribution < -0.4 is 10.6 Å². The number of nitriles is 1. The van der Waals surface area contributed by atoms with Crippen LogP contribution in [0.25, 0.3) is 67.3 Å². The molecule has 0 fully saturated rings. The number of nitrogens with zero attached hydrogens (tertiary/aromatic N) is 3. The molecule has 1 aliphatic rings. The third-order valence-corrected chi connectivity index (χ3v) is 10.7. The molecule has 10 rings (SSSR count). The van der Waals surface area contributed by atoms with E-state index in [2.05, 4.69) is 137 Å². The summed E-state index contributed by atoms with van der Waals surface area (Å²) in [5.74, 6) is 0. The average molecular weight is 646 g/mol. The van der Waals surface area contributed by atoms with Crippen LogP contribution >= 0.6 is 11.8 Å². The topological polar surface area (TPSA) is 46.8 Å². The third-order valence-electron chi connectivity index (χ3n) is 9.68. The molecule has 0 bridgehead atoms. The zero-order valence-electron chi connectivity index (χ0n) is 26.3. The number of rotatable bonds is 4. The lowest BCUT2D eigenvalue weighted by Gasteiger charge is -2.11. The first-order chi connectivity index (χ1) is 24.2. The van der Waals surface area contributed by atoms with Gasteiger partial charge in [0.05, 0.1) is 39.1 Å². The van der Waals surface area contributed by atoms with Gasteiger partial charge in [0.25, 0.3) is 0 Å². The first kappa shape index (κ1) is 27.9. The van der Waals surface area contributed by atoms with Gasteiger partial charge in [-0.25, -0.2) is 0 Å². The number of hydrogen-bond donors (Lipinski definition) is 0. The van der Waals surface area contributed by atoms with Crippen LogP contribution in [0.15, 0.2) is 154 Å². The second-order valence-electron chi connectivity index (χ2n) is 12.4. The van der Waals surface area contributed by atoms with Gasteiger partial charge in [0.15, 0.2) is 0 Å². The second kappa shape index (κ2) is 10.9. The number of hydrogen-bond acceptors (Lipinski definition) is 3. The smallest absolute Gasteiger partial charge is 0.137 e. The molecule has 0 spiro atoms. The SMILES string of the molecule is N#Cc1ccc(Sc2ccc(-n3c4c(c5ccc6oc7ccccc7c6c53)CC=c3c(c5ccccc5n3-c3ccccc3)=C4)cc2)cc1. The van der Waals surface area contributed by atoms with Crippen LogP contribution in [-0.4, -0.2) is 9.13 Å². The number of para-hydroxylation sites is 3. The summed E-state index contributed by atoms with van der Waals surface area (Å²) >= 11 is 1.70. The zero-order valence-corrected chi connectivity index (χ0v) is 27.1. The molecule has 0 radical (unpaired) electrons. The lowest BCUT2D eigenvalue weighted by molar-refractivity contribution is 0.669. The van der Waals surface area contributed by atoms with Crippen molar-refractivity contribution in [3.8, 4) is 17.4 Å². The predicted octanol–water partition coefficient (Wildman–Crippen LogP) is 9.66. The van der Waals surface area contributed by atoms with Gasteiger partial charge in [-0.1, -0.05) is 72.4 Å². The number of furan rings is 1. The molecule has 3 aromatic heterocycles. The van der Waals surface area contributed by atoms with Crippen LogP contribution in [0, 0.1) is 11.3 Å². The molecule has 3 heterocycles. The van der Waals surface area contributed by atoms with Crippen molar-refractivity contribution in [2.75, 3.05) is 0 Å². The molecule has 9 aromatic rings. The Labute approximate surface area is 286 Å². The minimum Gasteiger partial charge on any atom is -0.456 e. The van der Waals surface area contributed by atoms with E-state index in [9.17, 15) is 5.26 Å². The Kier molecular flexibility index (Phi) is 6.20. The van der Waals surface area contributed by atoms with E-state index >= 15 is 0 Å². The Balaban J connectivity index is 1.25. The average Bonchev–Trinajstić information content (AvgIpc) is 3.74. The monoisotopic (exact) mass is 645 g/mol. The maximum absolute atomic E-state index is 9.22. The number of fused-ring (bicyclic) bond motifs is 10. The first-order valence-corrected chi connectivity index (χ1v) is 17.2. The number of benzene rings is 6. The molecular formula is C44H27N3OS. The summed E-state index contributed by atoms with van der Waals surface area (Å²) in [4.78, 5) is 2.24. The van der Waals surface area contributed by atoms with Crippen molar-refractivity contribution in [1.29, 1.82) is 5.26 Å². The van der Waals surface area contributed by atoms with Gasteiger partial charge in [0.2, 0.25) is 0 Å². The predicted molar refractivity (Wildman–Crippen MR) is 200 cm³/mol. The van der Waals surface area contributed by atoms with Crippen molar-refractivity contribution in [1.82, 2.24) is 9.13 Å². The molecule has 0 saturated carbocycles. The molecule has 0 saturated heterocycles. The Morgan fingerprint density at radius 1 is 0.612 bits per heavy atom. The minimum absolute atomic E-state index is 0.668. The van der Waals surface area contributed by atoms with E-state index in [4.69, 9.17) is 4.42 Å².